The van der Waals surface area contributed by atoms with Crippen molar-refractivity contribution in [2.45, 2.75) is 13.5 Å². The second-order valence-corrected chi connectivity index (χ2v) is 6.01. The number of hydrogen-bond acceptors (Lipinski definition) is 6. The lowest BCUT2D eigenvalue weighted by molar-refractivity contribution is -0.384. The van der Waals surface area contributed by atoms with E-state index >= 15 is 0 Å². The molecule has 9 heteroatoms. The molecule has 0 aliphatic heterocycles. The summed E-state index contributed by atoms with van der Waals surface area (Å²) in [6.45, 7) is 2.36. The average molecular weight is 343 g/mol. The molecule has 0 radical (unpaired) electrons. The summed E-state index contributed by atoms with van der Waals surface area (Å²) in [5.41, 5.74) is 1.37. The molecule has 0 bridgehead atoms. The molecular weight excluding hydrogens is 330 g/mol. The number of nitro groups is 1. The Bertz CT molecular complexity index is 888. The third-order valence-corrected chi connectivity index (χ3v) is 4.50. The molecule has 0 spiro atoms. The van der Waals surface area contributed by atoms with E-state index in [0.29, 0.717) is 6.54 Å². The molecule has 2 aromatic heterocycles. The molecule has 3 rings (SSSR count). The van der Waals surface area contributed by atoms with E-state index in [2.05, 4.69) is 15.4 Å². The van der Waals surface area contributed by atoms with Crippen LogP contribution >= 0.6 is 11.3 Å². The summed E-state index contributed by atoms with van der Waals surface area (Å²) < 4.78 is 1.29. The van der Waals surface area contributed by atoms with Crippen LogP contribution in [0.5, 0.6) is 0 Å². The van der Waals surface area contributed by atoms with Gasteiger partial charge in [0.05, 0.1) is 11.5 Å². The highest BCUT2D eigenvalue weighted by Gasteiger charge is 2.19. The summed E-state index contributed by atoms with van der Waals surface area (Å²) in [6, 6.07) is 6.23. The first kappa shape index (κ1) is 15.8. The number of carbonyl (C=O) groups is 1. The first-order valence-electron chi connectivity index (χ1n) is 7.01. The first-order chi connectivity index (χ1) is 11.6. The molecule has 0 aliphatic carbocycles. The fourth-order valence-electron chi connectivity index (χ4n) is 2.19. The lowest BCUT2D eigenvalue weighted by Gasteiger charge is -2.07. The van der Waals surface area contributed by atoms with Crippen LogP contribution in [0.1, 0.15) is 20.8 Å². The summed E-state index contributed by atoms with van der Waals surface area (Å²) in [5.74, 6) is -0.365. The van der Waals surface area contributed by atoms with Crippen LogP contribution in [-0.4, -0.2) is 25.6 Å². The standard InChI is InChI=1S/C15H13N5O3S/c1-10-4-5-24-14(10)7-17-15(21)11-2-3-12(13(6-11)20(22)23)19-9-16-8-18-19/h2-6,8-9H,7H2,1H3,(H,17,21). The Kier molecular flexibility index (Phi) is 4.34. The van der Waals surface area contributed by atoms with Crippen molar-refractivity contribution >= 4 is 22.9 Å². The van der Waals surface area contributed by atoms with Crippen molar-refractivity contribution in [2.24, 2.45) is 0 Å². The second kappa shape index (κ2) is 6.59. The number of amides is 1. The van der Waals surface area contributed by atoms with Gasteiger partial charge in [-0.05, 0) is 36.1 Å². The number of rotatable bonds is 5. The van der Waals surface area contributed by atoms with Crippen molar-refractivity contribution in [2.75, 3.05) is 0 Å². The van der Waals surface area contributed by atoms with E-state index in [9.17, 15) is 14.9 Å². The summed E-state index contributed by atoms with van der Waals surface area (Å²) >= 11 is 1.55. The predicted octanol–water partition coefficient (Wildman–Crippen LogP) is 2.48. The van der Waals surface area contributed by atoms with Crippen molar-refractivity contribution in [1.29, 1.82) is 0 Å². The molecule has 24 heavy (non-hydrogen) atoms. The van der Waals surface area contributed by atoms with Crippen LogP contribution < -0.4 is 5.32 Å². The van der Waals surface area contributed by atoms with Gasteiger partial charge in [0.25, 0.3) is 11.6 Å². The summed E-state index contributed by atoms with van der Waals surface area (Å²) in [7, 11) is 0. The van der Waals surface area contributed by atoms with Gasteiger partial charge in [-0.1, -0.05) is 0 Å². The minimum absolute atomic E-state index is 0.208. The topological polar surface area (TPSA) is 103 Å². The van der Waals surface area contributed by atoms with Gasteiger partial charge in [-0.2, -0.15) is 5.10 Å². The zero-order valence-corrected chi connectivity index (χ0v) is 13.5. The molecule has 1 aromatic carbocycles. The van der Waals surface area contributed by atoms with Crippen molar-refractivity contribution in [1.82, 2.24) is 20.1 Å². The molecule has 3 aromatic rings. The SMILES string of the molecule is Cc1ccsc1CNC(=O)c1ccc(-n2cncn2)c([N+](=O)[O-])c1. The van der Waals surface area contributed by atoms with E-state index in [1.165, 1.54) is 35.5 Å². The average Bonchev–Trinajstić information content (AvgIpc) is 3.23. The monoisotopic (exact) mass is 343 g/mol. The number of nitro benzene ring substituents is 1. The minimum atomic E-state index is -0.544. The molecular formula is C15H13N5O3S. The highest BCUT2D eigenvalue weighted by molar-refractivity contribution is 7.10. The zero-order valence-electron chi connectivity index (χ0n) is 12.7. The van der Waals surface area contributed by atoms with E-state index in [-0.39, 0.29) is 22.8 Å². The summed E-state index contributed by atoms with van der Waals surface area (Å²) in [5, 5.41) is 19.9. The van der Waals surface area contributed by atoms with Crippen LogP contribution in [-0.2, 0) is 6.54 Å². The number of nitrogens with one attached hydrogen (secondary N) is 1. The number of carbonyl (C=O) groups excluding carboxylic acids is 1. The zero-order chi connectivity index (χ0) is 17.1. The maximum atomic E-state index is 12.3. The largest absolute Gasteiger partial charge is 0.347 e. The molecule has 0 saturated heterocycles. The van der Waals surface area contributed by atoms with E-state index in [1.807, 2.05) is 18.4 Å². The Morgan fingerprint density at radius 2 is 2.25 bits per heavy atom. The van der Waals surface area contributed by atoms with Gasteiger partial charge >= 0.3 is 0 Å². The van der Waals surface area contributed by atoms with Crippen molar-refractivity contribution in [3.8, 4) is 5.69 Å². The predicted molar refractivity (Wildman–Crippen MR) is 88.2 cm³/mol. The van der Waals surface area contributed by atoms with Crippen LogP contribution in [0.25, 0.3) is 5.69 Å². The van der Waals surface area contributed by atoms with E-state index in [4.69, 9.17) is 0 Å². The molecule has 2 heterocycles. The second-order valence-electron chi connectivity index (χ2n) is 5.01. The number of benzene rings is 1. The summed E-state index contributed by atoms with van der Waals surface area (Å²) in [4.78, 5) is 27.8. The van der Waals surface area contributed by atoms with Gasteiger partial charge < -0.3 is 5.32 Å². The van der Waals surface area contributed by atoms with Gasteiger partial charge in [0.2, 0.25) is 0 Å². The van der Waals surface area contributed by atoms with Crippen LogP contribution in [0, 0.1) is 17.0 Å². The lowest BCUT2D eigenvalue weighted by atomic mass is 10.1. The Morgan fingerprint density at radius 1 is 1.42 bits per heavy atom. The van der Waals surface area contributed by atoms with Crippen molar-refractivity contribution in [3.63, 3.8) is 0 Å². The molecule has 0 fully saturated rings. The number of aryl methyl sites for hydroxylation is 1. The molecule has 0 saturated carbocycles. The Balaban J connectivity index is 1.83. The Labute approximate surface area is 140 Å². The Morgan fingerprint density at radius 3 is 2.88 bits per heavy atom. The first-order valence-corrected chi connectivity index (χ1v) is 7.89. The van der Waals surface area contributed by atoms with Gasteiger partial charge in [0, 0.05) is 16.5 Å². The number of hydrogen-bond donors (Lipinski definition) is 1. The van der Waals surface area contributed by atoms with E-state index in [0.717, 1.165) is 10.4 Å². The molecule has 8 nitrogen and oxygen atoms in total. The van der Waals surface area contributed by atoms with Gasteiger partial charge in [-0.3, -0.25) is 14.9 Å². The van der Waals surface area contributed by atoms with Crippen LogP contribution in [0.3, 0.4) is 0 Å². The number of nitrogens with zero attached hydrogens (tertiary/aromatic N) is 4. The highest BCUT2D eigenvalue weighted by Crippen LogP contribution is 2.23. The highest BCUT2D eigenvalue weighted by atomic mass is 32.1. The molecule has 1 amide bonds. The number of aromatic nitrogens is 3. The summed E-state index contributed by atoms with van der Waals surface area (Å²) in [6.07, 6.45) is 2.65. The molecule has 1 N–H and O–H groups in total. The lowest BCUT2D eigenvalue weighted by Crippen LogP contribution is -2.22. The van der Waals surface area contributed by atoms with Crippen LogP contribution in [0.15, 0.2) is 42.3 Å². The Hall–Kier alpha value is -3.07. The molecule has 0 unspecified atom stereocenters. The van der Waals surface area contributed by atoms with E-state index < -0.39 is 4.92 Å². The third-order valence-electron chi connectivity index (χ3n) is 3.48. The number of thiophene rings is 1. The van der Waals surface area contributed by atoms with Gasteiger partial charge in [0.15, 0.2) is 0 Å². The molecule has 0 atom stereocenters. The van der Waals surface area contributed by atoms with Crippen LogP contribution in [0.4, 0.5) is 5.69 Å². The van der Waals surface area contributed by atoms with Gasteiger partial charge in [-0.25, -0.2) is 9.67 Å². The fourth-order valence-corrected chi connectivity index (χ4v) is 3.03. The smallest absolute Gasteiger partial charge is 0.295 e. The maximum Gasteiger partial charge on any atom is 0.295 e. The fraction of sp³-hybridized carbons (Fsp3) is 0.133. The normalized spacial score (nSPS) is 10.5. The van der Waals surface area contributed by atoms with E-state index in [1.54, 1.807) is 11.3 Å². The third kappa shape index (κ3) is 3.15. The van der Waals surface area contributed by atoms with Crippen molar-refractivity contribution in [3.05, 3.63) is 68.4 Å². The quantitative estimate of drug-likeness (QED) is 0.566. The van der Waals surface area contributed by atoms with Crippen molar-refractivity contribution < 1.29 is 9.72 Å². The van der Waals surface area contributed by atoms with Gasteiger partial charge in [0.1, 0.15) is 18.3 Å². The van der Waals surface area contributed by atoms with Gasteiger partial charge in [-0.15, -0.1) is 11.3 Å². The maximum absolute atomic E-state index is 12.3. The minimum Gasteiger partial charge on any atom is -0.347 e. The molecule has 0 aliphatic rings. The molecule has 122 valence electrons. The van der Waals surface area contributed by atoms with Crippen LogP contribution in [0.2, 0.25) is 0 Å².